The third kappa shape index (κ3) is 4.14. The van der Waals surface area contributed by atoms with E-state index in [1.165, 1.54) is 24.2 Å². The van der Waals surface area contributed by atoms with Gasteiger partial charge in [0, 0.05) is 0 Å². The van der Waals surface area contributed by atoms with E-state index in [1.807, 2.05) is 0 Å². The summed E-state index contributed by atoms with van der Waals surface area (Å²) in [6, 6.07) is 8.84. The second-order valence-corrected chi connectivity index (χ2v) is 5.83. The lowest BCUT2D eigenvalue weighted by molar-refractivity contribution is -0.149. The van der Waals surface area contributed by atoms with E-state index in [1.54, 1.807) is 30.3 Å². The molecule has 2 heterocycles. The van der Waals surface area contributed by atoms with Gasteiger partial charge in [0.25, 0.3) is 11.8 Å². The number of para-hydroxylation sites is 2. The number of nitrogens with zero attached hydrogens (tertiary/aromatic N) is 1. The van der Waals surface area contributed by atoms with E-state index in [0.29, 0.717) is 11.4 Å². The molecule has 0 spiro atoms. The Hall–Kier alpha value is -3.62. The first-order chi connectivity index (χ1) is 13.0. The van der Waals surface area contributed by atoms with E-state index in [-0.39, 0.29) is 18.2 Å². The van der Waals surface area contributed by atoms with Crippen LogP contribution in [-0.2, 0) is 19.1 Å². The highest BCUT2D eigenvalue weighted by Crippen LogP contribution is 2.28. The third-order valence-corrected chi connectivity index (χ3v) is 3.86. The molecule has 1 atom stereocenters. The van der Waals surface area contributed by atoms with Crippen molar-refractivity contribution in [2.75, 3.05) is 23.4 Å². The molecule has 0 unspecified atom stereocenters. The molecule has 27 heavy (non-hydrogen) atoms. The molecule has 3 amide bonds. The minimum Gasteiger partial charge on any atom is -0.459 e. The first-order valence-corrected chi connectivity index (χ1v) is 8.16. The van der Waals surface area contributed by atoms with Crippen molar-refractivity contribution in [1.29, 1.82) is 0 Å². The molecule has 0 bridgehead atoms. The number of ether oxygens (including phenoxy) is 1. The van der Waals surface area contributed by atoms with Gasteiger partial charge in [0.2, 0.25) is 5.91 Å². The number of anilines is 2. The molecule has 0 saturated carbocycles. The maximum absolute atomic E-state index is 12.4. The highest BCUT2D eigenvalue weighted by atomic mass is 16.5. The summed E-state index contributed by atoms with van der Waals surface area (Å²) in [5.41, 5.74) is 1.03. The van der Waals surface area contributed by atoms with E-state index in [4.69, 9.17) is 9.15 Å². The van der Waals surface area contributed by atoms with E-state index in [9.17, 15) is 19.2 Å². The zero-order valence-corrected chi connectivity index (χ0v) is 14.4. The van der Waals surface area contributed by atoms with Gasteiger partial charge in [0.15, 0.2) is 12.4 Å². The zero-order chi connectivity index (χ0) is 19.4. The predicted octanol–water partition coefficient (Wildman–Crippen LogP) is 0.926. The van der Waals surface area contributed by atoms with Crippen LogP contribution in [0.25, 0.3) is 0 Å². The minimum atomic E-state index is -0.979. The maximum atomic E-state index is 12.4. The molecule has 9 heteroatoms. The van der Waals surface area contributed by atoms with Crippen LogP contribution in [0.15, 0.2) is 47.1 Å². The van der Waals surface area contributed by atoms with Crippen LogP contribution in [0.1, 0.15) is 17.5 Å². The SMILES string of the molecule is C[C@@H](NC(=O)c1ccco1)C(=O)OCC(=O)N1CC(=O)Nc2ccccc21. The number of hydrogen-bond acceptors (Lipinski definition) is 6. The summed E-state index contributed by atoms with van der Waals surface area (Å²) in [5, 5.41) is 5.08. The Kier molecular flexibility index (Phi) is 5.20. The number of benzene rings is 1. The molecule has 9 nitrogen and oxygen atoms in total. The Balaban J connectivity index is 1.56. The van der Waals surface area contributed by atoms with E-state index in [0.717, 1.165) is 0 Å². The molecule has 1 aromatic heterocycles. The standard InChI is InChI=1S/C18H17N3O6/c1-11(19-17(24)14-7-4-8-26-14)18(25)27-10-16(23)21-9-15(22)20-12-5-2-3-6-13(12)21/h2-8,11H,9-10H2,1H3,(H,19,24)(H,20,22)/t11-/m1/s1. The first kappa shape index (κ1) is 18.2. The lowest BCUT2D eigenvalue weighted by Gasteiger charge is -2.29. The molecular formula is C18H17N3O6. The van der Waals surface area contributed by atoms with Gasteiger partial charge in [-0.05, 0) is 31.2 Å². The van der Waals surface area contributed by atoms with Gasteiger partial charge in [-0.15, -0.1) is 0 Å². The zero-order valence-electron chi connectivity index (χ0n) is 14.4. The highest BCUT2D eigenvalue weighted by Gasteiger charge is 2.28. The maximum Gasteiger partial charge on any atom is 0.328 e. The van der Waals surface area contributed by atoms with Gasteiger partial charge < -0.3 is 19.8 Å². The number of hydrogen-bond donors (Lipinski definition) is 2. The summed E-state index contributed by atoms with van der Waals surface area (Å²) in [5.74, 6) is -2.18. The summed E-state index contributed by atoms with van der Waals surface area (Å²) in [6.07, 6.45) is 1.34. The van der Waals surface area contributed by atoms with Crippen molar-refractivity contribution < 1.29 is 28.3 Å². The Morgan fingerprint density at radius 1 is 1.26 bits per heavy atom. The molecular weight excluding hydrogens is 354 g/mol. The number of esters is 1. The van der Waals surface area contributed by atoms with Crippen LogP contribution in [0.3, 0.4) is 0 Å². The summed E-state index contributed by atoms with van der Waals surface area (Å²) >= 11 is 0. The molecule has 0 saturated heterocycles. The van der Waals surface area contributed by atoms with Crippen molar-refractivity contribution in [2.24, 2.45) is 0 Å². The average Bonchev–Trinajstić information content (AvgIpc) is 3.19. The number of rotatable bonds is 5. The summed E-state index contributed by atoms with van der Waals surface area (Å²) in [4.78, 5) is 49.3. The number of nitrogens with one attached hydrogen (secondary N) is 2. The first-order valence-electron chi connectivity index (χ1n) is 8.16. The summed E-state index contributed by atoms with van der Waals surface area (Å²) in [7, 11) is 0. The number of carbonyl (C=O) groups excluding carboxylic acids is 4. The van der Waals surface area contributed by atoms with Crippen molar-refractivity contribution in [3.63, 3.8) is 0 Å². The molecule has 0 radical (unpaired) electrons. The summed E-state index contributed by atoms with van der Waals surface area (Å²) < 4.78 is 9.91. The Morgan fingerprint density at radius 2 is 2.04 bits per heavy atom. The van der Waals surface area contributed by atoms with Crippen molar-refractivity contribution in [3.05, 3.63) is 48.4 Å². The lowest BCUT2D eigenvalue weighted by Crippen LogP contribution is -2.45. The van der Waals surface area contributed by atoms with Crippen LogP contribution >= 0.6 is 0 Å². The molecule has 140 valence electrons. The van der Waals surface area contributed by atoms with Gasteiger partial charge in [0.1, 0.15) is 12.6 Å². The van der Waals surface area contributed by atoms with E-state index in [2.05, 4.69) is 10.6 Å². The van der Waals surface area contributed by atoms with Gasteiger partial charge >= 0.3 is 5.97 Å². The quantitative estimate of drug-likeness (QED) is 0.755. The highest BCUT2D eigenvalue weighted by molar-refractivity contribution is 6.10. The van der Waals surface area contributed by atoms with Crippen molar-refractivity contribution >= 4 is 35.1 Å². The Labute approximate surface area is 154 Å². The number of amides is 3. The van der Waals surface area contributed by atoms with Gasteiger partial charge in [-0.1, -0.05) is 12.1 Å². The molecule has 2 aromatic rings. The van der Waals surface area contributed by atoms with Crippen molar-refractivity contribution in [1.82, 2.24) is 5.32 Å². The van der Waals surface area contributed by atoms with Gasteiger partial charge in [-0.25, -0.2) is 4.79 Å². The number of furan rings is 1. The van der Waals surface area contributed by atoms with Crippen molar-refractivity contribution in [3.8, 4) is 0 Å². The second-order valence-electron chi connectivity index (χ2n) is 5.83. The van der Waals surface area contributed by atoms with Crippen LogP contribution in [0.4, 0.5) is 11.4 Å². The monoisotopic (exact) mass is 371 g/mol. The molecule has 1 aliphatic rings. The van der Waals surface area contributed by atoms with E-state index < -0.39 is 30.4 Å². The Bertz CT molecular complexity index is 877. The fraction of sp³-hybridized carbons (Fsp3) is 0.222. The molecule has 3 rings (SSSR count). The fourth-order valence-electron chi connectivity index (χ4n) is 2.53. The fourth-order valence-corrected chi connectivity index (χ4v) is 2.53. The molecule has 0 fully saturated rings. The smallest absolute Gasteiger partial charge is 0.328 e. The normalized spacial score (nSPS) is 14.0. The lowest BCUT2D eigenvalue weighted by atomic mass is 10.2. The third-order valence-electron chi connectivity index (χ3n) is 3.86. The van der Waals surface area contributed by atoms with Crippen molar-refractivity contribution in [2.45, 2.75) is 13.0 Å². The van der Waals surface area contributed by atoms with Gasteiger partial charge in [-0.2, -0.15) is 0 Å². The number of carbonyl (C=O) groups is 4. The van der Waals surface area contributed by atoms with Gasteiger partial charge in [-0.3, -0.25) is 19.3 Å². The van der Waals surface area contributed by atoms with Crippen LogP contribution in [0.5, 0.6) is 0 Å². The van der Waals surface area contributed by atoms with Gasteiger partial charge in [0.05, 0.1) is 17.6 Å². The second kappa shape index (κ2) is 7.73. The molecule has 1 aliphatic heterocycles. The molecule has 0 aliphatic carbocycles. The molecule has 1 aromatic carbocycles. The topological polar surface area (TPSA) is 118 Å². The molecule has 2 N–H and O–H groups in total. The van der Waals surface area contributed by atoms with Crippen LogP contribution < -0.4 is 15.5 Å². The van der Waals surface area contributed by atoms with Crippen LogP contribution in [0.2, 0.25) is 0 Å². The summed E-state index contributed by atoms with van der Waals surface area (Å²) in [6.45, 7) is 0.705. The minimum absolute atomic E-state index is 0.0571. The average molecular weight is 371 g/mol. The van der Waals surface area contributed by atoms with E-state index >= 15 is 0 Å². The largest absolute Gasteiger partial charge is 0.459 e. The predicted molar refractivity (Wildman–Crippen MR) is 94.0 cm³/mol. The van der Waals surface area contributed by atoms with Crippen LogP contribution in [-0.4, -0.2) is 42.9 Å². The number of fused-ring (bicyclic) bond motifs is 1. The van der Waals surface area contributed by atoms with Crippen LogP contribution in [0, 0.1) is 0 Å². The Morgan fingerprint density at radius 3 is 2.78 bits per heavy atom.